The number of hydrogen-bond donors (Lipinski definition) is 1. The van der Waals surface area contributed by atoms with Crippen LogP contribution in [-0.4, -0.2) is 35.2 Å². The van der Waals surface area contributed by atoms with E-state index in [4.69, 9.17) is 9.84 Å². The van der Waals surface area contributed by atoms with Crippen LogP contribution < -0.4 is 0 Å². The smallest absolute Gasteiger partial charge is 0.410 e. The van der Waals surface area contributed by atoms with Crippen molar-refractivity contribution in [2.45, 2.75) is 20.0 Å². The minimum Gasteiger partial charge on any atom is -0.481 e. The van der Waals surface area contributed by atoms with E-state index in [-0.39, 0.29) is 31.0 Å². The minimum atomic E-state index is -0.818. The van der Waals surface area contributed by atoms with Gasteiger partial charge in [-0.1, -0.05) is 37.3 Å². The van der Waals surface area contributed by atoms with Gasteiger partial charge in [0.15, 0.2) is 0 Å². The quantitative estimate of drug-likeness (QED) is 0.917. The molecule has 2 rings (SSSR count). The van der Waals surface area contributed by atoms with Crippen molar-refractivity contribution in [1.82, 2.24) is 4.90 Å². The molecule has 1 aliphatic rings. The Bertz CT molecular complexity index is 474. The molecule has 2 atom stereocenters. The summed E-state index contributed by atoms with van der Waals surface area (Å²) in [4.78, 5) is 24.3. The zero-order valence-electron chi connectivity index (χ0n) is 11.5. The number of likely N-dealkylation sites (tertiary alicyclic amines) is 1. The second-order valence-electron chi connectivity index (χ2n) is 5.28. The van der Waals surface area contributed by atoms with Crippen molar-refractivity contribution in [1.29, 1.82) is 0 Å². The van der Waals surface area contributed by atoms with E-state index in [0.29, 0.717) is 13.1 Å². The summed E-state index contributed by atoms with van der Waals surface area (Å²) in [5.74, 6) is -0.617. The summed E-state index contributed by atoms with van der Waals surface area (Å²) in [6.07, 6.45) is -0.266. The van der Waals surface area contributed by atoms with Gasteiger partial charge in [-0.05, 0) is 17.4 Å². The number of ether oxygens (including phenoxy) is 1. The van der Waals surface area contributed by atoms with Crippen molar-refractivity contribution in [3.63, 3.8) is 0 Å². The first kappa shape index (κ1) is 14.4. The fourth-order valence-corrected chi connectivity index (χ4v) is 2.48. The molecule has 0 bridgehead atoms. The molecule has 108 valence electrons. The fourth-order valence-electron chi connectivity index (χ4n) is 2.48. The van der Waals surface area contributed by atoms with Gasteiger partial charge in [0.2, 0.25) is 0 Å². The summed E-state index contributed by atoms with van der Waals surface area (Å²) in [7, 11) is 0. The summed E-state index contributed by atoms with van der Waals surface area (Å²) in [6, 6.07) is 9.48. The third-order valence-electron chi connectivity index (χ3n) is 3.67. The number of carboxylic acid groups (broad SMARTS) is 1. The van der Waals surface area contributed by atoms with E-state index in [1.807, 2.05) is 37.3 Å². The molecule has 1 N–H and O–H groups in total. The lowest BCUT2D eigenvalue weighted by atomic mass is 9.95. The number of amides is 1. The average molecular weight is 277 g/mol. The van der Waals surface area contributed by atoms with Gasteiger partial charge in [-0.3, -0.25) is 4.79 Å². The van der Waals surface area contributed by atoms with E-state index in [1.54, 1.807) is 4.90 Å². The Hall–Kier alpha value is -2.04. The molecule has 0 spiro atoms. The number of aliphatic carboxylic acids is 1. The molecular weight excluding hydrogens is 258 g/mol. The largest absolute Gasteiger partial charge is 0.481 e. The molecule has 20 heavy (non-hydrogen) atoms. The van der Waals surface area contributed by atoms with Crippen LogP contribution in [0.3, 0.4) is 0 Å². The number of carboxylic acids is 1. The molecule has 0 radical (unpaired) electrons. The molecule has 1 amide bonds. The topological polar surface area (TPSA) is 66.8 Å². The monoisotopic (exact) mass is 277 g/mol. The first-order chi connectivity index (χ1) is 9.56. The highest BCUT2D eigenvalue weighted by molar-refractivity contribution is 5.69. The Morgan fingerprint density at radius 3 is 2.65 bits per heavy atom. The van der Waals surface area contributed by atoms with Crippen LogP contribution in [0.15, 0.2) is 30.3 Å². The predicted octanol–water partition coefficient (Wildman–Crippen LogP) is 2.37. The van der Waals surface area contributed by atoms with Crippen molar-refractivity contribution < 1.29 is 19.4 Å². The Morgan fingerprint density at radius 2 is 2.00 bits per heavy atom. The Labute approximate surface area is 118 Å². The molecule has 1 heterocycles. The predicted molar refractivity (Wildman–Crippen MR) is 73.1 cm³/mol. The van der Waals surface area contributed by atoms with Crippen molar-refractivity contribution in [3.05, 3.63) is 35.9 Å². The molecular formula is C15H19NO4. The van der Waals surface area contributed by atoms with E-state index >= 15 is 0 Å². The molecule has 1 aromatic carbocycles. The molecule has 5 heteroatoms. The Morgan fingerprint density at radius 1 is 1.30 bits per heavy atom. The number of carbonyl (C=O) groups is 2. The van der Waals surface area contributed by atoms with Gasteiger partial charge in [-0.15, -0.1) is 0 Å². The van der Waals surface area contributed by atoms with Crippen LogP contribution in [0.5, 0.6) is 0 Å². The molecule has 5 nitrogen and oxygen atoms in total. The van der Waals surface area contributed by atoms with E-state index in [1.165, 1.54) is 0 Å². The van der Waals surface area contributed by atoms with Crippen LogP contribution in [0, 0.1) is 11.8 Å². The van der Waals surface area contributed by atoms with Crippen LogP contribution in [0.2, 0.25) is 0 Å². The minimum absolute atomic E-state index is 0.0109. The molecule has 1 aromatic rings. The summed E-state index contributed by atoms with van der Waals surface area (Å²) in [5.41, 5.74) is 0.940. The highest BCUT2D eigenvalue weighted by Crippen LogP contribution is 2.26. The highest BCUT2D eigenvalue weighted by atomic mass is 16.6. The average Bonchev–Trinajstić information content (AvgIpc) is 2.78. The Balaban J connectivity index is 1.83. The zero-order chi connectivity index (χ0) is 14.5. The van der Waals surface area contributed by atoms with Crippen LogP contribution in [-0.2, 0) is 16.1 Å². The lowest BCUT2D eigenvalue weighted by molar-refractivity contribution is -0.138. The first-order valence-electron chi connectivity index (χ1n) is 6.73. The van der Waals surface area contributed by atoms with Gasteiger partial charge in [0.25, 0.3) is 0 Å². The van der Waals surface area contributed by atoms with Gasteiger partial charge in [-0.25, -0.2) is 4.79 Å². The lowest BCUT2D eigenvalue weighted by Gasteiger charge is -2.16. The van der Waals surface area contributed by atoms with Crippen LogP contribution in [0.1, 0.15) is 18.9 Å². The maximum atomic E-state index is 12.0. The summed E-state index contributed by atoms with van der Waals surface area (Å²) in [6.45, 7) is 3.24. The van der Waals surface area contributed by atoms with Gasteiger partial charge in [0.05, 0.1) is 6.42 Å². The van der Waals surface area contributed by atoms with Gasteiger partial charge in [-0.2, -0.15) is 0 Å². The zero-order valence-corrected chi connectivity index (χ0v) is 11.5. The van der Waals surface area contributed by atoms with Crippen molar-refractivity contribution >= 4 is 12.1 Å². The number of carbonyl (C=O) groups excluding carboxylic acids is 1. The van der Waals surface area contributed by atoms with Crippen molar-refractivity contribution in [2.24, 2.45) is 11.8 Å². The normalized spacial score (nSPS) is 21.8. The van der Waals surface area contributed by atoms with E-state index in [0.717, 1.165) is 5.56 Å². The van der Waals surface area contributed by atoms with Crippen LogP contribution in [0.25, 0.3) is 0 Å². The Kier molecular flexibility index (Phi) is 4.61. The second kappa shape index (κ2) is 6.41. The summed E-state index contributed by atoms with van der Waals surface area (Å²) in [5, 5.41) is 8.83. The van der Waals surface area contributed by atoms with Gasteiger partial charge >= 0.3 is 12.1 Å². The number of hydrogen-bond acceptors (Lipinski definition) is 3. The molecule has 1 saturated heterocycles. The second-order valence-corrected chi connectivity index (χ2v) is 5.28. The lowest BCUT2D eigenvalue weighted by Crippen LogP contribution is -2.29. The fraction of sp³-hybridized carbons (Fsp3) is 0.467. The third kappa shape index (κ3) is 3.73. The molecule has 1 aliphatic heterocycles. The third-order valence-corrected chi connectivity index (χ3v) is 3.67. The van der Waals surface area contributed by atoms with Gasteiger partial charge < -0.3 is 14.7 Å². The van der Waals surface area contributed by atoms with Gasteiger partial charge in [0, 0.05) is 13.1 Å². The van der Waals surface area contributed by atoms with Gasteiger partial charge in [0.1, 0.15) is 6.61 Å². The van der Waals surface area contributed by atoms with E-state index in [2.05, 4.69) is 0 Å². The number of rotatable bonds is 4. The molecule has 0 unspecified atom stereocenters. The molecule has 0 saturated carbocycles. The maximum absolute atomic E-state index is 12.0. The van der Waals surface area contributed by atoms with Crippen LogP contribution >= 0.6 is 0 Å². The highest BCUT2D eigenvalue weighted by Gasteiger charge is 2.34. The SMILES string of the molecule is C[C@@H]1CN(C(=O)OCc2ccccc2)C[C@H]1CC(=O)O. The van der Waals surface area contributed by atoms with E-state index < -0.39 is 5.97 Å². The van der Waals surface area contributed by atoms with E-state index in [9.17, 15) is 9.59 Å². The van der Waals surface area contributed by atoms with Crippen molar-refractivity contribution in [3.8, 4) is 0 Å². The van der Waals surface area contributed by atoms with Crippen molar-refractivity contribution in [2.75, 3.05) is 13.1 Å². The standard InChI is InChI=1S/C15H19NO4/c1-11-8-16(9-13(11)7-14(17)18)15(19)20-10-12-5-3-2-4-6-12/h2-6,11,13H,7-10H2,1H3,(H,17,18)/t11-,13-/m1/s1. The molecule has 0 aromatic heterocycles. The number of benzene rings is 1. The maximum Gasteiger partial charge on any atom is 0.410 e. The summed E-state index contributed by atoms with van der Waals surface area (Å²) < 4.78 is 5.25. The summed E-state index contributed by atoms with van der Waals surface area (Å²) >= 11 is 0. The van der Waals surface area contributed by atoms with Crippen LogP contribution in [0.4, 0.5) is 4.79 Å². The first-order valence-corrected chi connectivity index (χ1v) is 6.73. The number of nitrogens with zero attached hydrogens (tertiary/aromatic N) is 1. The molecule has 1 fully saturated rings. The molecule has 0 aliphatic carbocycles.